The van der Waals surface area contributed by atoms with Gasteiger partial charge in [-0.1, -0.05) is 0 Å². The van der Waals surface area contributed by atoms with Gasteiger partial charge in [0.1, 0.15) is 23.3 Å². The zero-order chi connectivity index (χ0) is 11.8. The molecular formula is C8H13N5O2. The third-order valence-electron chi connectivity index (χ3n) is 2.30. The molecule has 0 atom stereocenters. The van der Waals surface area contributed by atoms with Gasteiger partial charge in [0, 0.05) is 0 Å². The predicted octanol–water partition coefficient (Wildman–Crippen LogP) is 0.771. The van der Waals surface area contributed by atoms with E-state index in [2.05, 4.69) is 5.10 Å². The summed E-state index contributed by atoms with van der Waals surface area (Å²) in [6.45, 7) is 4.89. The molecule has 0 aliphatic heterocycles. The zero-order valence-electron chi connectivity index (χ0n) is 8.81. The first kappa shape index (κ1) is 11.2. The van der Waals surface area contributed by atoms with Crippen LogP contribution in [0.1, 0.15) is 19.5 Å². The number of nitrogens with two attached hydrogens (primary N) is 1. The summed E-state index contributed by atoms with van der Waals surface area (Å²) in [5, 5.41) is 21.9. The lowest BCUT2D eigenvalue weighted by molar-refractivity contribution is -0.385. The molecule has 1 aromatic heterocycles. The van der Waals surface area contributed by atoms with Crippen LogP contribution >= 0.6 is 0 Å². The van der Waals surface area contributed by atoms with Gasteiger partial charge >= 0.3 is 5.69 Å². The van der Waals surface area contributed by atoms with E-state index < -0.39 is 10.5 Å². The van der Waals surface area contributed by atoms with Crippen molar-refractivity contribution < 1.29 is 4.92 Å². The van der Waals surface area contributed by atoms with Gasteiger partial charge in [0.05, 0.1) is 4.92 Å². The molecule has 7 heteroatoms. The molecule has 0 fully saturated rings. The van der Waals surface area contributed by atoms with E-state index in [4.69, 9.17) is 11.1 Å². The Morgan fingerprint density at radius 1 is 1.73 bits per heavy atom. The minimum Gasteiger partial charge on any atom is -0.386 e. The Morgan fingerprint density at radius 3 is 2.60 bits per heavy atom. The van der Waals surface area contributed by atoms with Crippen molar-refractivity contribution in [3.63, 3.8) is 0 Å². The molecule has 0 saturated carbocycles. The second-order valence-corrected chi connectivity index (χ2v) is 3.77. The number of aryl methyl sites for hydroxylation is 1. The van der Waals surface area contributed by atoms with Crippen molar-refractivity contribution in [1.29, 1.82) is 5.41 Å². The highest BCUT2D eigenvalue weighted by atomic mass is 16.6. The molecular weight excluding hydrogens is 198 g/mol. The first-order chi connectivity index (χ1) is 6.76. The Morgan fingerprint density at radius 2 is 2.27 bits per heavy atom. The van der Waals surface area contributed by atoms with E-state index in [1.165, 1.54) is 10.9 Å². The third-order valence-corrected chi connectivity index (χ3v) is 2.30. The molecule has 0 aliphatic rings. The molecule has 0 aromatic carbocycles. The van der Waals surface area contributed by atoms with Crippen LogP contribution in [0.5, 0.6) is 0 Å². The molecule has 0 aliphatic carbocycles. The highest BCUT2D eigenvalue weighted by molar-refractivity contribution is 5.84. The maximum atomic E-state index is 10.6. The summed E-state index contributed by atoms with van der Waals surface area (Å²) in [5.41, 5.74) is 4.79. The normalized spacial score (nSPS) is 11.4. The molecule has 82 valence electrons. The summed E-state index contributed by atoms with van der Waals surface area (Å²) < 4.78 is 1.34. The number of rotatable bonds is 3. The van der Waals surface area contributed by atoms with Crippen molar-refractivity contribution in [1.82, 2.24) is 9.78 Å². The van der Waals surface area contributed by atoms with Crippen LogP contribution < -0.4 is 5.73 Å². The van der Waals surface area contributed by atoms with Crippen LogP contribution in [-0.4, -0.2) is 20.5 Å². The number of hydrogen-bond donors (Lipinski definition) is 2. The summed E-state index contributed by atoms with van der Waals surface area (Å²) in [4.78, 5) is 10.1. The summed E-state index contributed by atoms with van der Waals surface area (Å²) in [6.07, 6.45) is 1.29. The number of nitrogens with zero attached hydrogens (tertiary/aromatic N) is 3. The topological polar surface area (TPSA) is 111 Å². The summed E-state index contributed by atoms with van der Waals surface area (Å²) in [6, 6.07) is 0. The lowest BCUT2D eigenvalue weighted by Crippen LogP contribution is -2.40. The van der Waals surface area contributed by atoms with E-state index in [1.54, 1.807) is 20.8 Å². The number of nitrogens with one attached hydrogen (secondary N) is 1. The molecule has 0 amide bonds. The van der Waals surface area contributed by atoms with E-state index in [0.29, 0.717) is 5.69 Å². The fourth-order valence-corrected chi connectivity index (χ4v) is 1.04. The SMILES string of the molecule is Cc1nn(C(C)(C)C(=N)N)cc1[N+](=O)[O-]. The van der Waals surface area contributed by atoms with Gasteiger partial charge < -0.3 is 5.73 Å². The van der Waals surface area contributed by atoms with Gasteiger partial charge in [0.2, 0.25) is 0 Å². The van der Waals surface area contributed by atoms with E-state index in [-0.39, 0.29) is 11.5 Å². The molecule has 0 radical (unpaired) electrons. The first-order valence-electron chi connectivity index (χ1n) is 4.32. The fourth-order valence-electron chi connectivity index (χ4n) is 1.04. The Bertz CT molecular complexity index is 421. The second kappa shape index (κ2) is 3.34. The lowest BCUT2D eigenvalue weighted by atomic mass is 10.1. The Labute approximate surface area is 86.5 Å². The average Bonchev–Trinajstić information content (AvgIpc) is 2.47. The van der Waals surface area contributed by atoms with Crippen LogP contribution in [0, 0.1) is 22.4 Å². The zero-order valence-corrected chi connectivity index (χ0v) is 8.81. The number of aromatic nitrogens is 2. The molecule has 15 heavy (non-hydrogen) atoms. The van der Waals surface area contributed by atoms with Crippen LogP contribution in [0.25, 0.3) is 0 Å². The maximum absolute atomic E-state index is 10.6. The highest BCUT2D eigenvalue weighted by Gasteiger charge is 2.28. The molecule has 1 rings (SSSR count). The largest absolute Gasteiger partial charge is 0.386 e. The van der Waals surface area contributed by atoms with Gasteiger partial charge in [-0.15, -0.1) is 0 Å². The first-order valence-corrected chi connectivity index (χ1v) is 4.32. The molecule has 1 aromatic rings. The standard InChI is InChI=1S/C8H13N5O2/c1-5-6(13(14)15)4-12(11-5)8(2,3)7(9)10/h4H,1-3H3,(H3,9,10). The van der Waals surface area contributed by atoms with Crippen LogP contribution in [0.2, 0.25) is 0 Å². The number of amidine groups is 1. The number of nitro groups is 1. The summed E-state index contributed by atoms with van der Waals surface area (Å²) in [7, 11) is 0. The Hall–Kier alpha value is -1.92. The Kier molecular flexibility index (Phi) is 2.48. The summed E-state index contributed by atoms with van der Waals surface area (Å²) >= 11 is 0. The van der Waals surface area contributed by atoms with Gasteiger partial charge in [-0.25, -0.2) is 0 Å². The van der Waals surface area contributed by atoms with Crippen LogP contribution in [0.15, 0.2) is 6.20 Å². The van der Waals surface area contributed by atoms with Gasteiger partial charge in [0.15, 0.2) is 0 Å². The summed E-state index contributed by atoms with van der Waals surface area (Å²) in [5.74, 6) is -0.0973. The predicted molar refractivity (Wildman–Crippen MR) is 54.9 cm³/mol. The van der Waals surface area contributed by atoms with Crippen molar-refractivity contribution >= 4 is 11.5 Å². The fraction of sp³-hybridized carbons (Fsp3) is 0.500. The van der Waals surface area contributed by atoms with E-state index in [0.717, 1.165) is 0 Å². The van der Waals surface area contributed by atoms with Crippen molar-refractivity contribution in [3.05, 3.63) is 22.0 Å². The maximum Gasteiger partial charge on any atom is 0.309 e. The lowest BCUT2D eigenvalue weighted by Gasteiger charge is -2.22. The minimum atomic E-state index is -0.848. The van der Waals surface area contributed by atoms with Crippen molar-refractivity contribution in [2.75, 3.05) is 0 Å². The number of hydrogen-bond acceptors (Lipinski definition) is 4. The smallest absolute Gasteiger partial charge is 0.309 e. The molecule has 0 spiro atoms. The average molecular weight is 211 g/mol. The Balaban J connectivity index is 3.24. The quantitative estimate of drug-likeness (QED) is 0.333. The van der Waals surface area contributed by atoms with E-state index in [9.17, 15) is 10.1 Å². The van der Waals surface area contributed by atoms with Gasteiger partial charge in [0.25, 0.3) is 0 Å². The van der Waals surface area contributed by atoms with Crippen molar-refractivity contribution in [2.45, 2.75) is 26.3 Å². The minimum absolute atomic E-state index is 0.0654. The molecule has 7 nitrogen and oxygen atoms in total. The molecule has 3 N–H and O–H groups in total. The van der Waals surface area contributed by atoms with Crippen LogP contribution in [0.3, 0.4) is 0 Å². The molecule has 1 heterocycles. The van der Waals surface area contributed by atoms with E-state index >= 15 is 0 Å². The third kappa shape index (κ3) is 1.80. The van der Waals surface area contributed by atoms with Gasteiger partial charge in [-0.2, -0.15) is 5.10 Å². The second-order valence-electron chi connectivity index (χ2n) is 3.77. The van der Waals surface area contributed by atoms with E-state index in [1.807, 2.05) is 0 Å². The van der Waals surface area contributed by atoms with Gasteiger partial charge in [-0.3, -0.25) is 20.2 Å². The van der Waals surface area contributed by atoms with Crippen molar-refractivity contribution in [3.8, 4) is 0 Å². The molecule has 0 bridgehead atoms. The highest BCUT2D eigenvalue weighted by Crippen LogP contribution is 2.21. The molecule has 0 unspecified atom stereocenters. The van der Waals surface area contributed by atoms with Crippen molar-refractivity contribution in [2.24, 2.45) is 5.73 Å². The van der Waals surface area contributed by atoms with Crippen LogP contribution in [0.4, 0.5) is 5.69 Å². The molecule has 0 saturated heterocycles. The van der Waals surface area contributed by atoms with Crippen LogP contribution in [-0.2, 0) is 5.54 Å². The monoisotopic (exact) mass is 211 g/mol. The van der Waals surface area contributed by atoms with Gasteiger partial charge in [-0.05, 0) is 20.8 Å².